The molecule has 9 heteroatoms. The molecule has 4 amide bonds. The van der Waals surface area contributed by atoms with E-state index in [4.69, 9.17) is 0 Å². The van der Waals surface area contributed by atoms with Gasteiger partial charge in [-0.15, -0.1) is 0 Å². The Labute approximate surface area is 259 Å². The summed E-state index contributed by atoms with van der Waals surface area (Å²) in [7, 11) is 0. The number of nitrogens with zero attached hydrogens (tertiary/aromatic N) is 1. The molecular weight excluding hydrogens is 559 g/mol. The van der Waals surface area contributed by atoms with Crippen molar-refractivity contribution >= 4 is 23.6 Å². The third kappa shape index (κ3) is 7.66. The summed E-state index contributed by atoms with van der Waals surface area (Å²) in [6.07, 6.45) is 9.76. The number of fused-ring (bicyclic) bond motifs is 1. The average Bonchev–Trinajstić information content (AvgIpc) is 3.47. The number of hydrogen-bond acceptors (Lipinski definition) is 4. The van der Waals surface area contributed by atoms with Gasteiger partial charge < -0.3 is 20.9 Å². The highest BCUT2D eigenvalue weighted by molar-refractivity contribution is 5.95. The molecule has 2 aliphatic carbocycles. The molecule has 0 radical (unpaired) electrons. The molecule has 2 aromatic carbocycles. The van der Waals surface area contributed by atoms with Crippen LogP contribution < -0.4 is 16.0 Å². The smallest absolute Gasteiger partial charge is 0.251 e. The first kappa shape index (κ1) is 31.7. The highest BCUT2D eigenvalue weighted by Crippen LogP contribution is 2.32. The maximum atomic E-state index is 14.4. The van der Waals surface area contributed by atoms with E-state index in [1.54, 1.807) is 4.90 Å². The van der Waals surface area contributed by atoms with Crippen molar-refractivity contribution in [2.24, 2.45) is 5.92 Å². The number of carbonyl (C=O) groups excluding carboxylic acids is 4. The lowest BCUT2D eigenvalue weighted by molar-refractivity contribution is -0.143. The molecule has 0 aromatic heterocycles. The van der Waals surface area contributed by atoms with Gasteiger partial charge in [0.05, 0.1) is 6.04 Å². The number of hydrogen-bond donors (Lipinski definition) is 3. The zero-order valence-corrected chi connectivity index (χ0v) is 25.7. The second-order valence-corrected chi connectivity index (χ2v) is 12.6. The molecule has 1 saturated carbocycles. The number of aryl methyl sites for hydroxylation is 1. The normalized spacial score (nSPS) is 22.5. The van der Waals surface area contributed by atoms with Crippen LogP contribution in [-0.2, 0) is 20.8 Å². The van der Waals surface area contributed by atoms with Gasteiger partial charge in [-0.2, -0.15) is 0 Å². The topological polar surface area (TPSA) is 108 Å². The Morgan fingerprint density at radius 3 is 2.43 bits per heavy atom. The van der Waals surface area contributed by atoms with Gasteiger partial charge in [-0.3, -0.25) is 19.2 Å². The molecule has 0 spiro atoms. The average molecular weight is 605 g/mol. The summed E-state index contributed by atoms with van der Waals surface area (Å²) in [4.78, 5) is 55.9. The number of benzene rings is 2. The molecule has 1 saturated heterocycles. The van der Waals surface area contributed by atoms with E-state index in [2.05, 4.69) is 22.0 Å². The van der Waals surface area contributed by atoms with Gasteiger partial charge in [-0.05, 0) is 86.3 Å². The van der Waals surface area contributed by atoms with E-state index in [0.29, 0.717) is 12.0 Å². The number of amides is 4. The number of unbranched alkanes of at least 4 members (excludes halogenated alkanes) is 1. The maximum absolute atomic E-state index is 14.4. The Bertz CT molecular complexity index is 1330. The van der Waals surface area contributed by atoms with Crippen LogP contribution >= 0.6 is 0 Å². The molecule has 3 aliphatic rings. The summed E-state index contributed by atoms with van der Waals surface area (Å²) in [5, 5.41) is 9.25. The first-order chi connectivity index (χ1) is 21.3. The standard InChI is InChI=1S/C35H45FN4O4/c1-2-3-16-31(41)39-32(24-11-5-4-6-12-24)35(44)40-22-27(37-33(42)25-17-19-26(36)20-18-25)21-30(40)34(43)38-29-15-9-13-23-10-7-8-14-28(23)29/h7-8,10,14,17-20,24,27,29-30,32H,2-6,9,11-13,15-16,21-22H2,1H3,(H,37,42)(H,38,43)(H,39,41)/t27-,29+,30-,32-/m0/s1. The first-order valence-electron chi connectivity index (χ1n) is 16.4. The molecule has 1 heterocycles. The van der Waals surface area contributed by atoms with Crippen molar-refractivity contribution in [2.75, 3.05) is 6.54 Å². The van der Waals surface area contributed by atoms with E-state index in [0.717, 1.165) is 69.8 Å². The number of halogens is 1. The van der Waals surface area contributed by atoms with Crippen LogP contribution in [0.25, 0.3) is 0 Å². The summed E-state index contributed by atoms with van der Waals surface area (Å²) in [5.41, 5.74) is 2.63. The largest absolute Gasteiger partial charge is 0.347 e. The summed E-state index contributed by atoms with van der Waals surface area (Å²) < 4.78 is 13.5. The Balaban J connectivity index is 1.38. The highest BCUT2D eigenvalue weighted by atomic mass is 19.1. The lowest BCUT2D eigenvalue weighted by atomic mass is 9.83. The van der Waals surface area contributed by atoms with Gasteiger partial charge in [-0.1, -0.05) is 56.9 Å². The number of nitrogens with one attached hydrogen (secondary N) is 3. The second kappa shape index (κ2) is 14.8. The minimum Gasteiger partial charge on any atom is -0.347 e. The van der Waals surface area contributed by atoms with E-state index in [-0.39, 0.29) is 48.6 Å². The van der Waals surface area contributed by atoms with Crippen molar-refractivity contribution in [3.63, 3.8) is 0 Å². The molecule has 0 bridgehead atoms. The third-order valence-corrected chi connectivity index (χ3v) is 9.48. The van der Waals surface area contributed by atoms with Crippen molar-refractivity contribution in [3.8, 4) is 0 Å². The van der Waals surface area contributed by atoms with Crippen LogP contribution in [0.4, 0.5) is 4.39 Å². The van der Waals surface area contributed by atoms with Crippen molar-refractivity contribution in [3.05, 3.63) is 71.0 Å². The molecule has 236 valence electrons. The van der Waals surface area contributed by atoms with Crippen molar-refractivity contribution in [1.82, 2.24) is 20.9 Å². The molecule has 4 atom stereocenters. The molecular formula is C35H45FN4O4. The zero-order chi connectivity index (χ0) is 31.1. The van der Waals surface area contributed by atoms with E-state index >= 15 is 0 Å². The summed E-state index contributed by atoms with van der Waals surface area (Å²) in [6.45, 7) is 2.18. The lowest BCUT2D eigenvalue weighted by Gasteiger charge is -2.35. The Morgan fingerprint density at radius 1 is 0.932 bits per heavy atom. The van der Waals surface area contributed by atoms with Gasteiger partial charge in [0.15, 0.2) is 0 Å². The van der Waals surface area contributed by atoms with Crippen LogP contribution in [0.5, 0.6) is 0 Å². The van der Waals surface area contributed by atoms with E-state index in [9.17, 15) is 23.6 Å². The highest BCUT2D eigenvalue weighted by Gasteiger charge is 2.45. The molecule has 2 fully saturated rings. The predicted octanol–water partition coefficient (Wildman–Crippen LogP) is 4.97. The molecule has 2 aromatic rings. The Kier molecular flexibility index (Phi) is 10.7. The first-order valence-corrected chi connectivity index (χ1v) is 16.4. The Morgan fingerprint density at radius 2 is 1.68 bits per heavy atom. The van der Waals surface area contributed by atoms with Gasteiger partial charge >= 0.3 is 0 Å². The Hall–Kier alpha value is -3.75. The number of carbonyl (C=O) groups is 4. The van der Waals surface area contributed by atoms with Crippen LogP contribution in [0.3, 0.4) is 0 Å². The van der Waals surface area contributed by atoms with E-state index in [1.807, 2.05) is 25.1 Å². The number of likely N-dealkylation sites (tertiary alicyclic amines) is 1. The monoisotopic (exact) mass is 604 g/mol. The van der Waals surface area contributed by atoms with E-state index in [1.165, 1.54) is 29.8 Å². The van der Waals surface area contributed by atoms with Crippen LogP contribution in [0.2, 0.25) is 0 Å². The van der Waals surface area contributed by atoms with Gasteiger partial charge in [0, 0.05) is 24.6 Å². The summed E-state index contributed by atoms with van der Waals surface area (Å²) in [5.74, 6) is -1.47. The van der Waals surface area contributed by atoms with Gasteiger partial charge in [0.25, 0.3) is 5.91 Å². The van der Waals surface area contributed by atoms with Crippen molar-refractivity contribution in [2.45, 2.75) is 108 Å². The van der Waals surface area contributed by atoms with Crippen LogP contribution in [-0.4, -0.2) is 53.2 Å². The van der Waals surface area contributed by atoms with Crippen LogP contribution in [0.1, 0.15) is 105 Å². The minimum atomic E-state index is -0.797. The van der Waals surface area contributed by atoms with Crippen molar-refractivity contribution < 1.29 is 23.6 Å². The third-order valence-electron chi connectivity index (χ3n) is 9.48. The molecule has 0 unspecified atom stereocenters. The molecule has 3 N–H and O–H groups in total. The molecule has 8 nitrogen and oxygen atoms in total. The molecule has 1 aliphatic heterocycles. The fraction of sp³-hybridized carbons (Fsp3) is 0.543. The summed E-state index contributed by atoms with van der Waals surface area (Å²) in [6, 6.07) is 11.3. The van der Waals surface area contributed by atoms with Gasteiger partial charge in [0.2, 0.25) is 17.7 Å². The quantitative estimate of drug-likeness (QED) is 0.356. The van der Waals surface area contributed by atoms with Crippen LogP contribution in [0.15, 0.2) is 48.5 Å². The lowest BCUT2D eigenvalue weighted by Crippen LogP contribution is -2.56. The molecule has 44 heavy (non-hydrogen) atoms. The van der Waals surface area contributed by atoms with Crippen LogP contribution in [0, 0.1) is 11.7 Å². The SMILES string of the molecule is CCCCC(=O)N[C@H](C(=O)N1C[C@@H](NC(=O)c2ccc(F)cc2)C[C@H]1C(=O)N[C@@H]1CCCc2ccccc21)C1CCCCC1. The van der Waals surface area contributed by atoms with Gasteiger partial charge in [-0.25, -0.2) is 4.39 Å². The zero-order valence-electron chi connectivity index (χ0n) is 25.7. The molecule has 5 rings (SSSR count). The fourth-order valence-electron chi connectivity index (χ4n) is 7.08. The van der Waals surface area contributed by atoms with E-state index < -0.39 is 23.9 Å². The number of rotatable bonds is 10. The maximum Gasteiger partial charge on any atom is 0.251 e. The summed E-state index contributed by atoms with van der Waals surface area (Å²) >= 11 is 0. The fourth-order valence-corrected chi connectivity index (χ4v) is 7.08. The van der Waals surface area contributed by atoms with Gasteiger partial charge in [0.1, 0.15) is 17.9 Å². The predicted molar refractivity (Wildman–Crippen MR) is 166 cm³/mol. The van der Waals surface area contributed by atoms with Crippen molar-refractivity contribution in [1.29, 1.82) is 0 Å². The minimum absolute atomic E-state index is 0.00335. The second-order valence-electron chi connectivity index (χ2n) is 12.6.